The first-order chi connectivity index (χ1) is 8.98. The summed E-state index contributed by atoms with van der Waals surface area (Å²) in [5.74, 6) is 0.419. The fraction of sp³-hybridized carbons (Fsp3) is 0.571. The van der Waals surface area contributed by atoms with E-state index in [1.165, 1.54) is 0 Å². The van der Waals surface area contributed by atoms with Gasteiger partial charge in [-0.1, -0.05) is 19.9 Å². The van der Waals surface area contributed by atoms with Gasteiger partial charge < -0.3 is 5.11 Å². The molecule has 1 unspecified atom stereocenters. The van der Waals surface area contributed by atoms with E-state index in [0.717, 1.165) is 18.4 Å². The maximum absolute atomic E-state index is 12.5. The lowest BCUT2D eigenvalue weighted by atomic mass is 10.1. The highest BCUT2D eigenvalue weighted by Gasteiger charge is 2.30. The van der Waals surface area contributed by atoms with Gasteiger partial charge in [-0.15, -0.1) is 0 Å². The van der Waals surface area contributed by atoms with E-state index in [-0.39, 0.29) is 6.61 Å². The third-order valence-electron chi connectivity index (χ3n) is 3.75. The van der Waals surface area contributed by atoms with Crippen molar-refractivity contribution in [1.82, 2.24) is 4.31 Å². The summed E-state index contributed by atoms with van der Waals surface area (Å²) in [6.07, 6.45) is 1.70. The van der Waals surface area contributed by atoms with Gasteiger partial charge in [-0.05, 0) is 42.0 Å². The van der Waals surface area contributed by atoms with Crippen LogP contribution in [-0.4, -0.2) is 30.9 Å². The van der Waals surface area contributed by atoms with Crippen LogP contribution in [0.5, 0.6) is 0 Å². The number of hydrogen-bond acceptors (Lipinski definition) is 3. The SMILES string of the molecule is CCc1ccc(S(=O)(=O)N2CCC(C)C2)cc1CO. The predicted molar refractivity (Wildman–Crippen MR) is 74.3 cm³/mol. The van der Waals surface area contributed by atoms with Crippen LogP contribution in [0.25, 0.3) is 0 Å². The second kappa shape index (κ2) is 5.61. The molecule has 0 spiro atoms. The third-order valence-corrected chi connectivity index (χ3v) is 5.61. The molecular weight excluding hydrogens is 262 g/mol. The highest BCUT2D eigenvalue weighted by Crippen LogP contribution is 2.25. The summed E-state index contributed by atoms with van der Waals surface area (Å²) >= 11 is 0. The van der Waals surface area contributed by atoms with Crippen molar-refractivity contribution in [2.45, 2.75) is 38.2 Å². The number of nitrogens with zero attached hydrogens (tertiary/aromatic N) is 1. The number of hydrogen-bond donors (Lipinski definition) is 1. The molecule has 1 saturated heterocycles. The van der Waals surface area contributed by atoms with Crippen molar-refractivity contribution in [1.29, 1.82) is 0 Å². The van der Waals surface area contributed by atoms with Gasteiger partial charge in [0.15, 0.2) is 0 Å². The van der Waals surface area contributed by atoms with E-state index in [1.807, 2.05) is 6.92 Å². The molecule has 1 heterocycles. The smallest absolute Gasteiger partial charge is 0.243 e. The molecule has 1 atom stereocenters. The number of aryl methyl sites for hydroxylation is 1. The van der Waals surface area contributed by atoms with Crippen LogP contribution >= 0.6 is 0 Å². The Morgan fingerprint density at radius 1 is 1.37 bits per heavy atom. The molecule has 0 aliphatic carbocycles. The third kappa shape index (κ3) is 2.83. The van der Waals surface area contributed by atoms with E-state index in [2.05, 4.69) is 6.92 Å². The number of benzene rings is 1. The molecule has 0 aromatic heterocycles. The first kappa shape index (κ1) is 14.5. The summed E-state index contributed by atoms with van der Waals surface area (Å²) in [7, 11) is -3.41. The normalized spacial score (nSPS) is 20.9. The number of sulfonamides is 1. The summed E-state index contributed by atoms with van der Waals surface area (Å²) in [4.78, 5) is 0.294. The lowest BCUT2D eigenvalue weighted by molar-refractivity contribution is 0.280. The second-order valence-corrected chi connectivity index (χ2v) is 7.14. The molecular formula is C14H21NO3S. The maximum Gasteiger partial charge on any atom is 0.243 e. The van der Waals surface area contributed by atoms with Crippen molar-refractivity contribution in [2.75, 3.05) is 13.1 Å². The Balaban J connectivity index is 2.35. The van der Waals surface area contributed by atoms with Gasteiger partial charge in [-0.3, -0.25) is 0 Å². The van der Waals surface area contributed by atoms with Crippen molar-refractivity contribution >= 4 is 10.0 Å². The zero-order valence-corrected chi connectivity index (χ0v) is 12.3. The van der Waals surface area contributed by atoms with E-state index < -0.39 is 10.0 Å². The van der Waals surface area contributed by atoms with E-state index in [9.17, 15) is 13.5 Å². The Hall–Kier alpha value is -0.910. The lowest BCUT2D eigenvalue weighted by Crippen LogP contribution is -2.28. The summed E-state index contributed by atoms with van der Waals surface area (Å²) in [5, 5.41) is 9.34. The van der Waals surface area contributed by atoms with E-state index in [1.54, 1.807) is 22.5 Å². The molecule has 5 heteroatoms. The molecule has 1 aromatic carbocycles. The standard InChI is InChI=1S/C14H21NO3S/c1-3-12-4-5-14(8-13(12)10-16)19(17,18)15-7-6-11(2)9-15/h4-5,8,11,16H,3,6-7,9-10H2,1-2H3. The van der Waals surface area contributed by atoms with Crippen LogP contribution in [-0.2, 0) is 23.1 Å². The molecule has 0 radical (unpaired) electrons. The minimum absolute atomic E-state index is 0.122. The van der Waals surface area contributed by atoms with Crippen molar-refractivity contribution in [3.05, 3.63) is 29.3 Å². The van der Waals surface area contributed by atoms with Gasteiger partial charge in [0.1, 0.15) is 0 Å². The Labute approximate surface area is 115 Å². The number of aliphatic hydroxyl groups excluding tert-OH is 1. The Kier molecular flexibility index (Phi) is 4.28. The van der Waals surface area contributed by atoms with Crippen LogP contribution in [0.2, 0.25) is 0 Å². The second-order valence-electron chi connectivity index (χ2n) is 5.20. The molecule has 2 rings (SSSR count). The van der Waals surface area contributed by atoms with Crippen molar-refractivity contribution in [3.8, 4) is 0 Å². The van der Waals surface area contributed by atoms with Gasteiger partial charge in [-0.25, -0.2) is 8.42 Å². The molecule has 1 aliphatic heterocycles. The fourth-order valence-electron chi connectivity index (χ4n) is 2.52. The van der Waals surface area contributed by atoms with E-state index >= 15 is 0 Å². The fourth-order valence-corrected chi connectivity index (χ4v) is 4.14. The number of rotatable bonds is 4. The van der Waals surface area contributed by atoms with Gasteiger partial charge in [-0.2, -0.15) is 4.31 Å². The molecule has 0 saturated carbocycles. The van der Waals surface area contributed by atoms with Crippen molar-refractivity contribution in [3.63, 3.8) is 0 Å². The van der Waals surface area contributed by atoms with Gasteiger partial charge in [0.2, 0.25) is 10.0 Å². The van der Waals surface area contributed by atoms with Crippen molar-refractivity contribution in [2.24, 2.45) is 5.92 Å². The minimum Gasteiger partial charge on any atom is -0.392 e. The van der Waals surface area contributed by atoms with Gasteiger partial charge in [0.05, 0.1) is 11.5 Å². The van der Waals surface area contributed by atoms with Crippen molar-refractivity contribution < 1.29 is 13.5 Å². The summed E-state index contributed by atoms with van der Waals surface area (Å²) in [6.45, 7) is 5.11. The summed E-state index contributed by atoms with van der Waals surface area (Å²) in [6, 6.07) is 5.06. The van der Waals surface area contributed by atoms with Crippen LogP contribution in [0.1, 0.15) is 31.4 Å². The highest BCUT2D eigenvalue weighted by molar-refractivity contribution is 7.89. The molecule has 0 amide bonds. The number of aliphatic hydroxyl groups is 1. The highest BCUT2D eigenvalue weighted by atomic mass is 32.2. The molecule has 106 valence electrons. The zero-order chi connectivity index (χ0) is 14.0. The zero-order valence-electron chi connectivity index (χ0n) is 11.5. The van der Waals surface area contributed by atoms with Crippen LogP contribution in [0.4, 0.5) is 0 Å². The average Bonchev–Trinajstić information content (AvgIpc) is 2.85. The van der Waals surface area contributed by atoms with Gasteiger partial charge in [0.25, 0.3) is 0 Å². The minimum atomic E-state index is -3.41. The lowest BCUT2D eigenvalue weighted by Gasteiger charge is -2.17. The maximum atomic E-state index is 12.5. The monoisotopic (exact) mass is 283 g/mol. The van der Waals surface area contributed by atoms with Crippen LogP contribution in [0, 0.1) is 5.92 Å². The first-order valence-electron chi connectivity index (χ1n) is 6.71. The molecule has 19 heavy (non-hydrogen) atoms. The molecule has 4 nitrogen and oxygen atoms in total. The summed E-state index contributed by atoms with van der Waals surface area (Å²) < 4.78 is 26.5. The van der Waals surface area contributed by atoms with Gasteiger partial charge in [0, 0.05) is 13.1 Å². The molecule has 0 bridgehead atoms. The molecule has 1 aliphatic rings. The Morgan fingerprint density at radius 2 is 2.11 bits per heavy atom. The summed E-state index contributed by atoms with van der Waals surface area (Å²) in [5.41, 5.74) is 1.70. The first-order valence-corrected chi connectivity index (χ1v) is 8.15. The Bertz CT molecular complexity index is 554. The van der Waals surface area contributed by atoms with Crippen LogP contribution < -0.4 is 0 Å². The average molecular weight is 283 g/mol. The Morgan fingerprint density at radius 3 is 2.63 bits per heavy atom. The molecule has 1 fully saturated rings. The quantitative estimate of drug-likeness (QED) is 0.916. The van der Waals surface area contributed by atoms with Crippen LogP contribution in [0.15, 0.2) is 23.1 Å². The van der Waals surface area contributed by atoms with E-state index in [0.29, 0.717) is 29.5 Å². The van der Waals surface area contributed by atoms with Crippen LogP contribution in [0.3, 0.4) is 0 Å². The topological polar surface area (TPSA) is 57.6 Å². The van der Waals surface area contributed by atoms with Gasteiger partial charge >= 0.3 is 0 Å². The predicted octanol–water partition coefficient (Wildman–Crippen LogP) is 1.77. The molecule has 1 N–H and O–H groups in total. The van der Waals surface area contributed by atoms with E-state index in [4.69, 9.17) is 0 Å². The largest absolute Gasteiger partial charge is 0.392 e. The molecule has 1 aromatic rings.